The summed E-state index contributed by atoms with van der Waals surface area (Å²) in [6.45, 7) is 0.692. The van der Waals surface area contributed by atoms with Crippen molar-refractivity contribution in [3.8, 4) is 5.75 Å². The largest absolute Gasteiger partial charge is 0.506 e. The number of hydrogen-bond acceptors (Lipinski definition) is 3. The molecule has 0 atom stereocenters. The van der Waals surface area contributed by atoms with Gasteiger partial charge in [0.25, 0.3) is 0 Å². The normalized spacial score (nSPS) is 17.0. The average molecular weight is 278 g/mol. The molecule has 18 heavy (non-hydrogen) atoms. The lowest BCUT2D eigenvalue weighted by molar-refractivity contribution is 0.461. The maximum atomic E-state index is 13.4. The Balaban J connectivity index is 2.29. The molecule has 1 aromatic carbocycles. The van der Waals surface area contributed by atoms with Gasteiger partial charge in [-0.2, -0.15) is 12.7 Å². The number of nitrogens with one attached hydrogen (secondary N) is 1. The van der Waals surface area contributed by atoms with Gasteiger partial charge < -0.3 is 5.11 Å². The molecule has 1 fully saturated rings. The first kappa shape index (κ1) is 13.0. The molecule has 1 heterocycles. The maximum Gasteiger partial charge on any atom is 0.301 e. The summed E-state index contributed by atoms with van der Waals surface area (Å²) in [5, 5.41) is 9.35. The van der Waals surface area contributed by atoms with Gasteiger partial charge in [0.05, 0.1) is 0 Å². The fourth-order valence-corrected chi connectivity index (χ4v) is 3.11. The number of hydrogen-bond donors (Lipinski definition) is 2. The van der Waals surface area contributed by atoms with E-state index in [4.69, 9.17) is 0 Å². The van der Waals surface area contributed by atoms with Gasteiger partial charge in [0.15, 0.2) is 5.82 Å². The summed E-state index contributed by atoms with van der Waals surface area (Å²) >= 11 is 0. The van der Waals surface area contributed by atoms with Gasteiger partial charge in [0.1, 0.15) is 17.3 Å². The maximum absolute atomic E-state index is 13.4. The van der Waals surface area contributed by atoms with Crippen molar-refractivity contribution in [2.24, 2.45) is 0 Å². The molecule has 1 aromatic rings. The Morgan fingerprint density at radius 3 is 2.39 bits per heavy atom. The molecular weight excluding hydrogens is 266 g/mol. The molecule has 2 rings (SSSR count). The number of rotatable bonds is 3. The van der Waals surface area contributed by atoms with Crippen molar-refractivity contribution in [1.82, 2.24) is 4.31 Å². The molecule has 0 aromatic heterocycles. The summed E-state index contributed by atoms with van der Waals surface area (Å²) in [4.78, 5) is 0. The first-order valence-electron chi connectivity index (χ1n) is 5.36. The van der Waals surface area contributed by atoms with Crippen molar-refractivity contribution >= 4 is 15.9 Å². The first-order valence-corrected chi connectivity index (χ1v) is 6.80. The van der Waals surface area contributed by atoms with Crippen molar-refractivity contribution in [3.05, 3.63) is 23.8 Å². The minimum atomic E-state index is -3.91. The Hall–Kier alpha value is -1.41. The monoisotopic (exact) mass is 278 g/mol. The predicted octanol–water partition coefficient (Wildman–Crippen LogP) is 1.42. The van der Waals surface area contributed by atoms with E-state index in [1.165, 1.54) is 0 Å². The minimum Gasteiger partial charge on any atom is -0.506 e. The Morgan fingerprint density at radius 1 is 1.22 bits per heavy atom. The van der Waals surface area contributed by atoms with E-state index in [0.717, 1.165) is 17.1 Å². The highest BCUT2D eigenvalue weighted by atomic mass is 32.2. The van der Waals surface area contributed by atoms with Crippen molar-refractivity contribution in [3.63, 3.8) is 0 Å². The zero-order valence-corrected chi connectivity index (χ0v) is 10.2. The zero-order valence-electron chi connectivity index (χ0n) is 9.36. The number of phenols is 1. The second-order valence-electron chi connectivity index (χ2n) is 3.99. The highest BCUT2D eigenvalue weighted by Gasteiger charge is 2.27. The van der Waals surface area contributed by atoms with Gasteiger partial charge in [-0.25, -0.2) is 8.78 Å². The Morgan fingerprint density at radius 2 is 1.83 bits per heavy atom. The van der Waals surface area contributed by atoms with Gasteiger partial charge in [-0.05, 0) is 12.8 Å². The third-order valence-corrected chi connectivity index (χ3v) is 4.18. The van der Waals surface area contributed by atoms with Crippen molar-refractivity contribution in [2.45, 2.75) is 12.8 Å². The Bertz CT molecular complexity index is 533. The molecule has 2 N–H and O–H groups in total. The van der Waals surface area contributed by atoms with E-state index in [9.17, 15) is 22.3 Å². The van der Waals surface area contributed by atoms with Crippen LogP contribution >= 0.6 is 0 Å². The number of nitrogens with zero attached hydrogens (tertiary/aromatic N) is 1. The van der Waals surface area contributed by atoms with Gasteiger partial charge in [0, 0.05) is 25.2 Å². The van der Waals surface area contributed by atoms with Crippen LogP contribution in [0.4, 0.5) is 14.5 Å². The summed E-state index contributed by atoms with van der Waals surface area (Å²) in [5.74, 6) is -2.92. The van der Waals surface area contributed by atoms with Crippen LogP contribution in [0, 0.1) is 11.6 Å². The molecule has 0 saturated carbocycles. The van der Waals surface area contributed by atoms with E-state index < -0.39 is 33.3 Å². The van der Waals surface area contributed by atoms with Crippen LogP contribution in [-0.4, -0.2) is 30.9 Å². The van der Waals surface area contributed by atoms with Crippen molar-refractivity contribution in [2.75, 3.05) is 17.8 Å². The van der Waals surface area contributed by atoms with E-state index in [-0.39, 0.29) is 0 Å². The van der Waals surface area contributed by atoms with E-state index in [2.05, 4.69) is 0 Å². The molecule has 8 heteroatoms. The second-order valence-corrected chi connectivity index (χ2v) is 5.67. The van der Waals surface area contributed by atoms with E-state index in [1.54, 1.807) is 0 Å². The van der Waals surface area contributed by atoms with Crippen molar-refractivity contribution in [1.29, 1.82) is 0 Å². The second kappa shape index (κ2) is 4.69. The van der Waals surface area contributed by atoms with Gasteiger partial charge in [-0.1, -0.05) is 0 Å². The highest BCUT2D eigenvalue weighted by Crippen LogP contribution is 2.29. The fraction of sp³-hybridized carbons (Fsp3) is 0.400. The van der Waals surface area contributed by atoms with E-state index in [0.29, 0.717) is 25.2 Å². The molecule has 0 amide bonds. The average Bonchev–Trinajstić information content (AvgIpc) is 2.77. The summed E-state index contributed by atoms with van der Waals surface area (Å²) in [6, 6.07) is 1.15. The van der Waals surface area contributed by atoms with Crippen LogP contribution in [-0.2, 0) is 10.2 Å². The van der Waals surface area contributed by atoms with Crippen LogP contribution < -0.4 is 4.72 Å². The molecule has 0 spiro atoms. The van der Waals surface area contributed by atoms with Crippen LogP contribution in [0.3, 0.4) is 0 Å². The topological polar surface area (TPSA) is 69.6 Å². The van der Waals surface area contributed by atoms with Crippen LogP contribution in [0.1, 0.15) is 12.8 Å². The highest BCUT2D eigenvalue weighted by molar-refractivity contribution is 7.90. The van der Waals surface area contributed by atoms with Crippen LogP contribution in [0.15, 0.2) is 12.1 Å². The standard InChI is InChI=1S/C10H12F2N2O3S/c11-7-5-8(12)10(9(15)6-7)13-18(16,17)14-3-1-2-4-14/h5-6,13,15H,1-4H2. The molecule has 1 saturated heterocycles. The number of phenolic OH excluding ortho intramolecular Hbond substituents is 1. The Labute approximate surface area is 103 Å². The number of halogens is 2. The zero-order chi connectivity index (χ0) is 13.3. The van der Waals surface area contributed by atoms with Crippen LogP contribution in [0.25, 0.3) is 0 Å². The molecule has 0 aliphatic carbocycles. The summed E-state index contributed by atoms with van der Waals surface area (Å²) in [7, 11) is -3.91. The number of benzene rings is 1. The molecule has 100 valence electrons. The van der Waals surface area contributed by atoms with Crippen LogP contribution in [0.2, 0.25) is 0 Å². The van der Waals surface area contributed by atoms with E-state index >= 15 is 0 Å². The lowest BCUT2D eigenvalue weighted by atomic mass is 10.3. The van der Waals surface area contributed by atoms with Gasteiger partial charge in [-0.15, -0.1) is 0 Å². The SMILES string of the molecule is O=S(=O)(Nc1c(O)cc(F)cc1F)N1CCCC1. The third-order valence-electron chi connectivity index (χ3n) is 2.67. The third kappa shape index (κ3) is 2.54. The molecule has 0 bridgehead atoms. The molecule has 1 aliphatic rings. The summed E-state index contributed by atoms with van der Waals surface area (Å²) in [6.07, 6.45) is 1.47. The van der Waals surface area contributed by atoms with E-state index in [1.807, 2.05) is 4.72 Å². The van der Waals surface area contributed by atoms with Gasteiger partial charge >= 0.3 is 10.2 Å². The molecule has 0 unspecified atom stereocenters. The molecule has 0 radical (unpaired) electrons. The lowest BCUT2D eigenvalue weighted by Gasteiger charge is -2.17. The molecular formula is C10H12F2N2O3S. The first-order chi connectivity index (χ1) is 8.40. The molecule has 1 aliphatic heterocycles. The Kier molecular flexibility index (Phi) is 3.40. The predicted molar refractivity (Wildman–Crippen MR) is 61.4 cm³/mol. The number of aromatic hydroxyl groups is 1. The minimum absolute atomic E-state index is 0.346. The number of anilines is 1. The fourth-order valence-electron chi connectivity index (χ4n) is 1.78. The molecule has 5 nitrogen and oxygen atoms in total. The van der Waals surface area contributed by atoms with Crippen molar-refractivity contribution < 1.29 is 22.3 Å². The van der Waals surface area contributed by atoms with Gasteiger partial charge in [0.2, 0.25) is 0 Å². The quantitative estimate of drug-likeness (QED) is 0.822. The lowest BCUT2D eigenvalue weighted by Crippen LogP contribution is -2.33. The van der Waals surface area contributed by atoms with Gasteiger partial charge in [-0.3, -0.25) is 4.72 Å². The van der Waals surface area contributed by atoms with Crippen LogP contribution in [0.5, 0.6) is 5.75 Å². The summed E-state index contributed by atoms with van der Waals surface area (Å²) in [5.41, 5.74) is -0.636. The summed E-state index contributed by atoms with van der Waals surface area (Å²) < 4.78 is 52.9. The smallest absolute Gasteiger partial charge is 0.301 e.